The molecule has 12 aromatic rings. The summed E-state index contributed by atoms with van der Waals surface area (Å²) in [6, 6.07) is 93.0. The number of hydrogen-bond acceptors (Lipinski definition) is 2. The average Bonchev–Trinajstić information content (AvgIpc) is 3.74. The summed E-state index contributed by atoms with van der Waals surface area (Å²) in [7, 11) is 0. The Balaban J connectivity index is 1.16. The van der Waals surface area contributed by atoms with Gasteiger partial charge < -0.3 is 4.57 Å². The molecule has 0 radical (unpaired) electrons. The van der Waals surface area contributed by atoms with E-state index >= 15 is 0 Å². The molecule has 12 rings (SSSR count). The van der Waals surface area contributed by atoms with Crippen molar-refractivity contribution in [2.75, 3.05) is 0 Å². The second-order valence-electron chi connectivity index (χ2n) is 16.9. The van der Waals surface area contributed by atoms with Gasteiger partial charge in [-0.15, -0.1) is 0 Å². The maximum atomic E-state index is 5.52. The second kappa shape index (κ2) is 17.2. The highest BCUT2D eigenvalue weighted by Crippen LogP contribution is 2.46. The molecule has 0 N–H and O–H groups in total. The van der Waals surface area contributed by atoms with Gasteiger partial charge in [-0.2, -0.15) is 0 Å². The van der Waals surface area contributed by atoms with Crippen molar-refractivity contribution in [1.29, 1.82) is 0 Å². The molecular formula is C64H43N3. The first kappa shape index (κ1) is 39.7. The number of pyridine rings is 2. The molecule has 0 aliphatic rings. The number of fused-ring (bicyclic) bond motifs is 3. The smallest absolute Gasteiger partial charge is 0.0794 e. The predicted molar refractivity (Wildman–Crippen MR) is 280 cm³/mol. The van der Waals surface area contributed by atoms with E-state index in [9.17, 15) is 0 Å². The van der Waals surface area contributed by atoms with Crippen LogP contribution in [0.25, 0.3) is 117 Å². The largest absolute Gasteiger partial charge is 0.309 e. The van der Waals surface area contributed by atoms with Crippen LogP contribution in [0.15, 0.2) is 261 Å². The van der Waals surface area contributed by atoms with E-state index in [1.54, 1.807) is 0 Å². The van der Waals surface area contributed by atoms with Gasteiger partial charge in [0.1, 0.15) is 0 Å². The first-order valence-electron chi connectivity index (χ1n) is 22.8. The summed E-state index contributed by atoms with van der Waals surface area (Å²) < 4.78 is 2.40. The summed E-state index contributed by atoms with van der Waals surface area (Å²) in [5.41, 5.74) is 20.3. The zero-order valence-electron chi connectivity index (χ0n) is 36.7. The number of aromatic nitrogens is 3. The number of nitrogens with zero attached hydrogens (tertiary/aromatic N) is 3. The van der Waals surface area contributed by atoms with Crippen LogP contribution in [0.4, 0.5) is 0 Å². The van der Waals surface area contributed by atoms with Crippen LogP contribution < -0.4 is 0 Å². The van der Waals surface area contributed by atoms with E-state index in [4.69, 9.17) is 9.97 Å². The summed E-state index contributed by atoms with van der Waals surface area (Å²) in [5.74, 6) is 0. The van der Waals surface area contributed by atoms with Gasteiger partial charge in [-0.3, -0.25) is 0 Å². The molecular weight excluding hydrogens is 811 g/mol. The summed E-state index contributed by atoms with van der Waals surface area (Å²) in [5, 5.41) is 2.31. The first-order chi connectivity index (χ1) is 33.2. The maximum absolute atomic E-state index is 5.52. The molecule has 3 aromatic heterocycles. The quantitative estimate of drug-likeness (QED) is 0.145. The van der Waals surface area contributed by atoms with Gasteiger partial charge in [-0.05, 0) is 81.9 Å². The lowest BCUT2D eigenvalue weighted by Crippen LogP contribution is -1.97. The third-order valence-corrected chi connectivity index (χ3v) is 12.8. The molecule has 0 saturated heterocycles. The zero-order chi connectivity index (χ0) is 44.5. The van der Waals surface area contributed by atoms with E-state index in [2.05, 4.69) is 265 Å². The minimum absolute atomic E-state index is 0.934. The van der Waals surface area contributed by atoms with Crippen molar-refractivity contribution in [3.63, 3.8) is 0 Å². The van der Waals surface area contributed by atoms with Gasteiger partial charge in [0.05, 0.1) is 33.8 Å². The summed E-state index contributed by atoms with van der Waals surface area (Å²) in [4.78, 5) is 11.0. The van der Waals surface area contributed by atoms with Crippen molar-refractivity contribution in [1.82, 2.24) is 14.5 Å². The van der Waals surface area contributed by atoms with Crippen LogP contribution in [0.1, 0.15) is 0 Å². The molecule has 0 amide bonds. The minimum Gasteiger partial charge on any atom is -0.309 e. The van der Waals surface area contributed by atoms with Crippen LogP contribution in [-0.2, 0) is 0 Å². The molecule has 0 saturated carbocycles. The number of hydrogen-bond donors (Lipinski definition) is 0. The van der Waals surface area contributed by atoms with Gasteiger partial charge in [0.15, 0.2) is 0 Å². The van der Waals surface area contributed by atoms with Gasteiger partial charge in [-0.25, -0.2) is 9.97 Å². The molecule has 0 aliphatic carbocycles. The van der Waals surface area contributed by atoms with Crippen molar-refractivity contribution in [3.05, 3.63) is 261 Å². The highest BCUT2D eigenvalue weighted by atomic mass is 15.0. The van der Waals surface area contributed by atoms with Crippen LogP contribution in [-0.4, -0.2) is 14.5 Å². The van der Waals surface area contributed by atoms with Gasteiger partial charge in [0.25, 0.3) is 0 Å². The number of para-hydroxylation sites is 1. The third kappa shape index (κ3) is 7.39. The van der Waals surface area contributed by atoms with Gasteiger partial charge in [0.2, 0.25) is 0 Å². The highest BCUT2D eigenvalue weighted by Gasteiger charge is 2.23. The lowest BCUT2D eigenvalue weighted by molar-refractivity contribution is 1.18. The van der Waals surface area contributed by atoms with Gasteiger partial charge >= 0.3 is 0 Å². The molecule has 0 fully saturated rings. The molecule has 9 aromatic carbocycles. The predicted octanol–water partition coefficient (Wildman–Crippen LogP) is 16.9. The first-order valence-corrected chi connectivity index (χ1v) is 22.8. The molecule has 0 aliphatic heterocycles. The van der Waals surface area contributed by atoms with Crippen LogP contribution in [0.2, 0.25) is 0 Å². The summed E-state index contributed by atoms with van der Waals surface area (Å²) in [6.07, 6.45) is 0. The Hall–Kier alpha value is -8.92. The lowest BCUT2D eigenvalue weighted by Gasteiger charge is -2.18. The SMILES string of the molecule is c1ccc(-c2cc(-c3ccccc3)c(-c3ccc4c(c3)c3cc(-c5c(-c6ccccc6)cc(-c6ccccc6)nc5-c5ccccc5)ccc3n4-c3ccccc3)c(-c3ccccc3)n2)cc1. The molecule has 0 atom stereocenters. The Morgan fingerprint density at radius 1 is 0.254 bits per heavy atom. The molecule has 314 valence electrons. The Bertz CT molecular complexity index is 3330. The van der Waals surface area contributed by atoms with Crippen LogP contribution in [0.3, 0.4) is 0 Å². The van der Waals surface area contributed by atoms with E-state index in [0.29, 0.717) is 0 Å². The molecule has 0 unspecified atom stereocenters. The third-order valence-electron chi connectivity index (χ3n) is 12.8. The molecule has 3 nitrogen and oxygen atoms in total. The van der Waals surface area contributed by atoms with Gasteiger partial charge in [-0.1, -0.05) is 212 Å². The zero-order valence-corrected chi connectivity index (χ0v) is 36.7. The van der Waals surface area contributed by atoms with E-state index < -0.39 is 0 Å². The van der Waals surface area contributed by atoms with E-state index in [1.165, 1.54) is 0 Å². The monoisotopic (exact) mass is 853 g/mol. The topological polar surface area (TPSA) is 30.7 Å². The van der Waals surface area contributed by atoms with Crippen LogP contribution >= 0.6 is 0 Å². The Morgan fingerprint density at radius 3 is 0.925 bits per heavy atom. The summed E-state index contributed by atoms with van der Waals surface area (Å²) >= 11 is 0. The Morgan fingerprint density at radius 2 is 0.567 bits per heavy atom. The molecule has 3 heteroatoms. The number of benzene rings is 9. The van der Waals surface area contributed by atoms with Crippen molar-refractivity contribution >= 4 is 21.8 Å². The average molecular weight is 854 g/mol. The Labute approximate surface area is 390 Å². The van der Waals surface area contributed by atoms with Crippen LogP contribution in [0.5, 0.6) is 0 Å². The second-order valence-corrected chi connectivity index (χ2v) is 16.9. The normalized spacial score (nSPS) is 11.3. The van der Waals surface area contributed by atoms with Crippen molar-refractivity contribution in [2.45, 2.75) is 0 Å². The van der Waals surface area contributed by atoms with Crippen molar-refractivity contribution < 1.29 is 0 Å². The van der Waals surface area contributed by atoms with Gasteiger partial charge in [0, 0.05) is 49.8 Å². The summed E-state index contributed by atoms with van der Waals surface area (Å²) in [6.45, 7) is 0. The fourth-order valence-corrected chi connectivity index (χ4v) is 9.68. The minimum atomic E-state index is 0.934. The van der Waals surface area contributed by atoms with E-state index in [-0.39, 0.29) is 0 Å². The van der Waals surface area contributed by atoms with Crippen molar-refractivity contribution in [2.24, 2.45) is 0 Å². The fourth-order valence-electron chi connectivity index (χ4n) is 9.68. The maximum Gasteiger partial charge on any atom is 0.0794 e. The highest BCUT2D eigenvalue weighted by molar-refractivity contribution is 6.13. The Kier molecular flexibility index (Phi) is 10.2. The lowest BCUT2D eigenvalue weighted by atomic mass is 9.88. The van der Waals surface area contributed by atoms with Crippen molar-refractivity contribution in [3.8, 4) is 95.2 Å². The van der Waals surface area contributed by atoms with Crippen LogP contribution in [0, 0.1) is 0 Å². The fraction of sp³-hybridized carbons (Fsp3) is 0. The molecule has 0 bridgehead atoms. The molecule has 0 spiro atoms. The standard InChI is InChI=1S/C64H43N3/c1-8-22-44(23-9-1)53-42-57(46-26-12-3-13-27-46)65-63(48-30-16-5-17-31-48)61(53)50-36-38-59-55(40-50)56-41-51(37-39-60(56)67(59)52-34-20-7-21-35-52)62-54(45-24-10-2-11-25-45)43-58(47-28-14-4-15-29-47)66-64(62)49-32-18-6-19-33-49/h1-43H. The number of rotatable bonds is 9. The van der Waals surface area contributed by atoms with E-state index in [1.807, 2.05) is 0 Å². The molecule has 67 heavy (non-hydrogen) atoms. The van der Waals surface area contributed by atoms with E-state index in [0.717, 1.165) is 117 Å². The molecule has 3 heterocycles.